The molecular formula is C13H15ClN2O3. The second-order valence-corrected chi connectivity index (χ2v) is 5.33. The average molecular weight is 283 g/mol. The number of halogens is 1. The molecule has 1 aromatic carbocycles. The normalized spacial score (nSPS) is 19.3. The molecule has 1 amide bonds. The Hall–Kier alpha value is -1.62. The maximum Gasteiger partial charge on any atom is 0.270 e. The fraction of sp³-hybridized carbons (Fsp3) is 0.462. The molecule has 0 unspecified atom stereocenters. The highest BCUT2D eigenvalue weighted by molar-refractivity contribution is 6.34. The lowest BCUT2D eigenvalue weighted by Gasteiger charge is -2.31. The van der Waals surface area contributed by atoms with E-state index in [1.807, 2.05) is 0 Å². The van der Waals surface area contributed by atoms with Gasteiger partial charge in [0.2, 0.25) is 0 Å². The van der Waals surface area contributed by atoms with Crippen LogP contribution in [0.5, 0.6) is 0 Å². The van der Waals surface area contributed by atoms with Crippen molar-refractivity contribution in [3.63, 3.8) is 0 Å². The van der Waals surface area contributed by atoms with Gasteiger partial charge < -0.3 is 4.90 Å². The first kappa shape index (κ1) is 13.8. The van der Waals surface area contributed by atoms with Crippen LogP contribution in [0.1, 0.15) is 30.1 Å². The van der Waals surface area contributed by atoms with Crippen LogP contribution in [0.2, 0.25) is 5.02 Å². The van der Waals surface area contributed by atoms with Crippen LogP contribution in [-0.4, -0.2) is 28.8 Å². The Kier molecular flexibility index (Phi) is 4.04. The molecule has 1 fully saturated rings. The third kappa shape index (κ3) is 3.04. The fourth-order valence-electron chi connectivity index (χ4n) is 2.34. The Labute approximate surface area is 116 Å². The number of likely N-dealkylation sites (tertiary alicyclic amines) is 1. The molecule has 0 radical (unpaired) electrons. The molecule has 1 aliphatic heterocycles. The van der Waals surface area contributed by atoms with Crippen molar-refractivity contribution in [3.05, 3.63) is 38.9 Å². The Bertz CT molecular complexity index is 519. The SMILES string of the molecule is C[C@@H]1CCCN(C(=O)c2ccc([N+](=O)[O-])cc2Cl)C1. The van der Waals surface area contributed by atoms with Gasteiger partial charge in [-0.15, -0.1) is 0 Å². The molecule has 1 saturated heterocycles. The van der Waals surface area contributed by atoms with E-state index in [1.165, 1.54) is 18.2 Å². The first-order valence-corrected chi connectivity index (χ1v) is 6.60. The minimum atomic E-state index is -0.525. The van der Waals surface area contributed by atoms with Crippen LogP contribution < -0.4 is 0 Å². The van der Waals surface area contributed by atoms with Gasteiger partial charge in [-0.1, -0.05) is 18.5 Å². The molecule has 0 aliphatic carbocycles. The van der Waals surface area contributed by atoms with Crippen LogP contribution in [0.15, 0.2) is 18.2 Å². The summed E-state index contributed by atoms with van der Waals surface area (Å²) in [5.41, 5.74) is 0.231. The molecule has 1 aromatic rings. The lowest BCUT2D eigenvalue weighted by Crippen LogP contribution is -2.39. The van der Waals surface area contributed by atoms with E-state index < -0.39 is 4.92 Å². The van der Waals surface area contributed by atoms with Crippen molar-refractivity contribution in [1.82, 2.24) is 4.90 Å². The van der Waals surface area contributed by atoms with Crippen molar-refractivity contribution in [2.45, 2.75) is 19.8 Å². The number of carbonyl (C=O) groups is 1. The van der Waals surface area contributed by atoms with Crippen LogP contribution in [0.25, 0.3) is 0 Å². The first-order chi connectivity index (χ1) is 8.99. The highest BCUT2D eigenvalue weighted by atomic mass is 35.5. The summed E-state index contributed by atoms with van der Waals surface area (Å²) in [5, 5.41) is 10.8. The van der Waals surface area contributed by atoms with E-state index >= 15 is 0 Å². The number of hydrogen-bond acceptors (Lipinski definition) is 3. The van der Waals surface area contributed by atoms with Crippen molar-refractivity contribution in [1.29, 1.82) is 0 Å². The van der Waals surface area contributed by atoms with Gasteiger partial charge in [0.25, 0.3) is 11.6 Å². The quantitative estimate of drug-likeness (QED) is 0.618. The molecular weight excluding hydrogens is 268 g/mol. The molecule has 19 heavy (non-hydrogen) atoms. The zero-order chi connectivity index (χ0) is 14.0. The summed E-state index contributed by atoms with van der Waals surface area (Å²) in [5.74, 6) is 0.334. The maximum absolute atomic E-state index is 12.3. The fourth-order valence-corrected chi connectivity index (χ4v) is 2.59. The van der Waals surface area contributed by atoms with Crippen LogP contribution in [0.3, 0.4) is 0 Å². The molecule has 0 bridgehead atoms. The number of carbonyl (C=O) groups excluding carboxylic acids is 1. The summed E-state index contributed by atoms with van der Waals surface area (Å²) in [6.07, 6.45) is 2.11. The molecule has 102 valence electrons. The first-order valence-electron chi connectivity index (χ1n) is 6.22. The Morgan fingerprint density at radius 2 is 2.26 bits per heavy atom. The molecule has 0 aromatic heterocycles. The average Bonchev–Trinajstić information content (AvgIpc) is 2.37. The van der Waals surface area contributed by atoms with E-state index in [9.17, 15) is 14.9 Å². The molecule has 0 saturated carbocycles. The van der Waals surface area contributed by atoms with Gasteiger partial charge >= 0.3 is 0 Å². The van der Waals surface area contributed by atoms with E-state index in [0.717, 1.165) is 19.4 Å². The summed E-state index contributed by atoms with van der Waals surface area (Å²) in [7, 11) is 0. The molecule has 0 N–H and O–H groups in total. The minimum Gasteiger partial charge on any atom is -0.338 e. The smallest absolute Gasteiger partial charge is 0.270 e. The molecule has 6 heteroatoms. The van der Waals surface area contributed by atoms with Crippen molar-refractivity contribution >= 4 is 23.2 Å². The lowest BCUT2D eigenvalue weighted by molar-refractivity contribution is -0.384. The third-order valence-electron chi connectivity index (χ3n) is 3.34. The van der Waals surface area contributed by atoms with Gasteiger partial charge in [-0.2, -0.15) is 0 Å². The van der Waals surface area contributed by atoms with Crippen molar-refractivity contribution in [2.24, 2.45) is 5.92 Å². The summed E-state index contributed by atoms with van der Waals surface area (Å²) in [4.78, 5) is 24.2. The molecule has 1 heterocycles. The molecule has 2 rings (SSSR count). The van der Waals surface area contributed by atoms with Gasteiger partial charge in [-0.3, -0.25) is 14.9 Å². The number of nitro benzene ring substituents is 1. The van der Waals surface area contributed by atoms with E-state index in [-0.39, 0.29) is 16.6 Å². The Morgan fingerprint density at radius 3 is 2.84 bits per heavy atom. The number of hydrogen-bond donors (Lipinski definition) is 0. The highest BCUT2D eigenvalue weighted by Gasteiger charge is 2.24. The topological polar surface area (TPSA) is 63.5 Å². The van der Waals surface area contributed by atoms with Crippen LogP contribution in [0.4, 0.5) is 5.69 Å². The van der Waals surface area contributed by atoms with Crippen molar-refractivity contribution < 1.29 is 9.72 Å². The van der Waals surface area contributed by atoms with E-state index in [4.69, 9.17) is 11.6 Å². The number of piperidine rings is 1. The zero-order valence-corrected chi connectivity index (χ0v) is 11.4. The number of benzene rings is 1. The Balaban J connectivity index is 2.21. The monoisotopic (exact) mass is 282 g/mol. The Morgan fingerprint density at radius 1 is 1.53 bits per heavy atom. The molecule has 1 atom stereocenters. The summed E-state index contributed by atoms with van der Waals surface area (Å²) in [6.45, 7) is 3.54. The van der Waals surface area contributed by atoms with Gasteiger partial charge in [0.05, 0.1) is 15.5 Å². The standard InChI is InChI=1S/C13H15ClN2O3/c1-9-3-2-6-15(8-9)13(17)11-5-4-10(16(18)19)7-12(11)14/h4-5,7,9H,2-3,6,8H2,1H3/t9-/m1/s1. The predicted octanol–water partition coefficient (Wildman–Crippen LogP) is 3.12. The largest absolute Gasteiger partial charge is 0.338 e. The predicted molar refractivity (Wildman–Crippen MR) is 72.4 cm³/mol. The van der Waals surface area contributed by atoms with Gasteiger partial charge in [0, 0.05) is 25.2 Å². The number of nitro groups is 1. The lowest BCUT2D eigenvalue weighted by atomic mass is 9.99. The second kappa shape index (κ2) is 5.57. The number of nitrogens with zero attached hydrogens (tertiary/aromatic N) is 2. The van der Waals surface area contributed by atoms with Gasteiger partial charge in [0.1, 0.15) is 0 Å². The second-order valence-electron chi connectivity index (χ2n) is 4.92. The van der Waals surface area contributed by atoms with Crippen molar-refractivity contribution in [2.75, 3.05) is 13.1 Å². The van der Waals surface area contributed by atoms with Crippen LogP contribution in [0, 0.1) is 16.0 Å². The number of amides is 1. The zero-order valence-electron chi connectivity index (χ0n) is 10.6. The van der Waals surface area contributed by atoms with Gasteiger partial charge in [-0.25, -0.2) is 0 Å². The summed E-state index contributed by atoms with van der Waals surface area (Å²) in [6, 6.07) is 3.97. The molecule has 0 spiro atoms. The van der Waals surface area contributed by atoms with Gasteiger partial charge in [-0.05, 0) is 24.8 Å². The highest BCUT2D eigenvalue weighted by Crippen LogP contribution is 2.25. The van der Waals surface area contributed by atoms with E-state index in [2.05, 4.69) is 6.92 Å². The summed E-state index contributed by atoms with van der Waals surface area (Å²) >= 11 is 5.97. The summed E-state index contributed by atoms with van der Waals surface area (Å²) < 4.78 is 0. The van der Waals surface area contributed by atoms with E-state index in [0.29, 0.717) is 18.0 Å². The molecule has 5 nitrogen and oxygen atoms in total. The minimum absolute atomic E-state index is 0.103. The van der Waals surface area contributed by atoms with Crippen LogP contribution >= 0.6 is 11.6 Å². The van der Waals surface area contributed by atoms with Crippen LogP contribution in [-0.2, 0) is 0 Å². The van der Waals surface area contributed by atoms with Crippen molar-refractivity contribution in [3.8, 4) is 0 Å². The number of rotatable bonds is 2. The van der Waals surface area contributed by atoms with Gasteiger partial charge in [0.15, 0.2) is 0 Å². The third-order valence-corrected chi connectivity index (χ3v) is 3.65. The molecule has 1 aliphatic rings. The van der Waals surface area contributed by atoms with E-state index in [1.54, 1.807) is 4.90 Å². The number of non-ortho nitro benzene ring substituents is 1. The maximum atomic E-state index is 12.3.